The summed E-state index contributed by atoms with van der Waals surface area (Å²) < 4.78 is 2.38. The summed E-state index contributed by atoms with van der Waals surface area (Å²) in [6, 6.07) is 54.9. The van der Waals surface area contributed by atoms with Crippen LogP contribution in [0.4, 0.5) is 34.3 Å². The summed E-state index contributed by atoms with van der Waals surface area (Å²) in [5, 5.41) is 2.32. The van der Waals surface area contributed by atoms with E-state index < -0.39 is 0 Å². The van der Waals surface area contributed by atoms with E-state index in [2.05, 4.69) is 153 Å². The third kappa shape index (κ3) is 4.77. The van der Waals surface area contributed by atoms with Crippen LogP contribution < -0.4 is 9.80 Å². The van der Waals surface area contributed by atoms with Gasteiger partial charge in [-0.05, 0) is 78.9 Å². The monoisotopic (exact) mass is 579 g/mol. The van der Waals surface area contributed by atoms with E-state index in [0.717, 1.165) is 56.4 Å². The van der Waals surface area contributed by atoms with E-state index in [4.69, 9.17) is 4.98 Å². The Hall–Kier alpha value is -6.20. The van der Waals surface area contributed by atoms with Gasteiger partial charge in [-0.3, -0.25) is 9.88 Å². The molecule has 0 bridgehead atoms. The predicted octanol–water partition coefficient (Wildman–Crippen LogP) is 10.5. The minimum atomic E-state index is 0.841. The molecule has 5 nitrogen and oxygen atoms in total. The van der Waals surface area contributed by atoms with E-state index in [9.17, 15) is 0 Å². The maximum Gasteiger partial charge on any atom is 0.137 e. The molecule has 0 unspecified atom stereocenters. The van der Waals surface area contributed by atoms with Crippen molar-refractivity contribution in [1.82, 2.24) is 14.5 Å². The van der Waals surface area contributed by atoms with Gasteiger partial charge in [0.15, 0.2) is 0 Å². The van der Waals surface area contributed by atoms with Gasteiger partial charge >= 0.3 is 0 Å². The largest absolute Gasteiger partial charge is 0.307 e. The minimum absolute atomic E-state index is 0.841. The first-order valence-electron chi connectivity index (χ1n) is 15.0. The lowest BCUT2D eigenvalue weighted by atomic mass is 10.1. The van der Waals surface area contributed by atoms with Gasteiger partial charge in [0.05, 0.1) is 34.3 Å². The standard InChI is InChI=1S/C40H29N5/c1-4-15-30(16-5-1)43(33-21-14-25-41-29-33)38-28-34(44(31-17-6-2-7-18-31)39-24-12-13-26-42-39)27-36-35-22-10-11-23-37(35)45(40(36)38)32-19-8-3-9-20-32/h1-29H. The number of pyridine rings is 2. The van der Waals surface area contributed by atoms with Gasteiger partial charge in [-0.1, -0.05) is 78.9 Å². The van der Waals surface area contributed by atoms with Crippen LogP contribution in [-0.4, -0.2) is 14.5 Å². The molecule has 0 N–H and O–H groups in total. The van der Waals surface area contributed by atoms with Gasteiger partial charge in [0, 0.05) is 40.2 Å². The Balaban J connectivity index is 1.53. The Morgan fingerprint density at radius 1 is 0.467 bits per heavy atom. The number of hydrogen-bond donors (Lipinski definition) is 0. The Labute approximate surface area is 261 Å². The molecule has 0 aliphatic rings. The lowest BCUT2D eigenvalue weighted by Crippen LogP contribution is -2.15. The molecule has 0 aliphatic carbocycles. The highest BCUT2D eigenvalue weighted by atomic mass is 15.2. The van der Waals surface area contributed by atoms with Crippen LogP contribution in [0.1, 0.15) is 0 Å². The molecule has 3 aromatic heterocycles. The van der Waals surface area contributed by atoms with Crippen LogP contribution in [-0.2, 0) is 0 Å². The molecule has 0 amide bonds. The van der Waals surface area contributed by atoms with Crippen molar-refractivity contribution in [3.05, 3.63) is 176 Å². The fraction of sp³-hybridized carbons (Fsp3) is 0. The van der Waals surface area contributed by atoms with E-state index in [1.54, 1.807) is 0 Å². The second-order valence-corrected chi connectivity index (χ2v) is 10.8. The van der Waals surface area contributed by atoms with Crippen molar-refractivity contribution < 1.29 is 0 Å². The molecule has 8 rings (SSSR count). The Morgan fingerprint density at radius 2 is 1.11 bits per heavy atom. The highest BCUT2D eigenvalue weighted by Gasteiger charge is 2.25. The van der Waals surface area contributed by atoms with Crippen LogP contribution in [0.25, 0.3) is 27.5 Å². The lowest BCUT2D eigenvalue weighted by Gasteiger charge is -2.30. The summed E-state index contributed by atoms with van der Waals surface area (Å²) in [6.07, 6.45) is 5.59. The van der Waals surface area contributed by atoms with Crippen molar-refractivity contribution in [2.24, 2.45) is 0 Å². The van der Waals surface area contributed by atoms with E-state index in [0.29, 0.717) is 0 Å². The van der Waals surface area contributed by atoms with Crippen molar-refractivity contribution in [3.63, 3.8) is 0 Å². The van der Waals surface area contributed by atoms with Gasteiger partial charge in [0.1, 0.15) is 5.82 Å². The van der Waals surface area contributed by atoms with Crippen LogP contribution in [0, 0.1) is 0 Å². The molecule has 214 valence electrons. The Morgan fingerprint density at radius 3 is 1.80 bits per heavy atom. The number of anilines is 6. The first kappa shape index (κ1) is 26.4. The van der Waals surface area contributed by atoms with Crippen LogP contribution >= 0.6 is 0 Å². The van der Waals surface area contributed by atoms with Gasteiger partial charge < -0.3 is 9.47 Å². The highest BCUT2D eigenvalue weighted by Crippen LogP contribution is 2.47. The van der Waals surface area contributed by atoms with Crippen molar-refractivity contribution in [2.45, 2.75) is 0 Å². The minimum Gasteiger partial charge on any atom is -0.307 e. The first-order valence-corrected chi connectivity index (χ1v) is 15.0. The molecule has 0 fully saturated rings. The van der Waals surface area contributed by atoms with Crippen molar-refractivity contribution in [3.8, 4) is 5.69 Å². The molecular weight excluding hydrogens is 550 g/mol. The molecule has 0 radical (unpaired) electrons. The molecule has 0 spiro atoms. The summed E-state index contributed by atoms with van der Waals surface area (Å²) in [7, 11) is 0. The molecule has 0 saturated carbocycles. The summed E-state index contributed by atoms with van der Waals surface area (Å²) >= 11 is 0. The Bertz CT molecular complexity index is 2120. The number of rotatable bonds is 7. The Kier molecular flexibility index (Phi) is 6.74. The summed E-state index contributed by atoms with van der Waals surface area (Å²) in [6.45, 7) is 0. The maximum atomic E-state index is 4.81. The summed E-state index contributed by atoms with van der Waals surface area (Å²) in [5.41, 5.74) is 8.41. The van der Waals surface area contributed by atoms with E-state index in [1.165, 1.54) is 5.39 Å². The van der Waals surface area contributed by atoms with Crippen LogP contribution in [0.2, 0.25) is 0 Å². The molecular formula is C40H29N5. The zero-order chi connectivity index (χ0) is 30.0. The summed E-state index contributed by atoms with van der Waals surface area (Å²) in [4.78, 5) is 13.9. The summed E-state index contributed by atoms with van der Waals surface area (Å²) in [5.74, 6) is 0.841. The van der Waals surface area contributed by atoms with Gasteiger partial charge in [-0.2, -0.15) is 0 Å². The number of aromatic nitrogens is 3. The van der Waals surface area contributed by atoms with E-state index in [1.807, 2.05) is 42.9 Å². The second kappa shape index (κ2) is 11.5. The van der Waals surface area contributed by atoms with Gasteiger partial charge in [-0.15, -0.1) is 0 Å². The fourth-order valence-corrected chi connectivity index (χ4v) is 6.17. The number of fused-ring (bicyclic) bond motifs is 3. The third-order valence-corrected chi connectivity index (χ3v) is 8.06. The number of hydrogen-bond acceptors (Lipinski definition) is 4. The number of para-hydroxylation sites is 4. The molecule has 8 aromatic rings. The third-order valence-electron chi connectivity index (χ3n) is 8.06. The zero-order valence-corrected chi connectivity index (χ0v) is 24.5. The van der Waals surface area contributed by atoms with Crippen molar-refractivity contribution >= 4 is 56.1 Å². The SMILES string of the molecule is c1ccc(N(c2cc(N(c3ccccc3)c3cccnc3)c3c(c2)c2ccccc2n3-c2ccccc2)c2ccccn2)cc1. The zero-order valence-electron chi connectivity index (χ0n) is 24.5. The van der Waals surface area contributed by atoms with Crippen molar-refractivity contribution in [1.29, 1.82) is 0 Å². The second-order valence-electron chi connectivity index (χ2n) is 10.8. The average Bonchev–Trinajstić information content (AvgIpc) is 3.45. The average molecular weight is 580 g/mol. The van der Waals surface area contributed by atoms with E-state index >= 15 is 0 Å². The molecule has 5 aromatic carbocycles. The lowest BCUT2D eigenvalue weighted by molar-refractivity contribution is 1.15. The smallest absolute Gasteiger partial charge is 0.137 e. The molecule has 0 atom stereocenters. The highest BCUT2D eigenvalue weighted by molar-refractivity contribution is 6.16. The molecule has 0 aliphatic heterocycles. The maximum absolute atomic E-state index is 4.81. The molecule has 3 heterocycles. The molecule has 45 heavy (non-hydrogen) atoms. The van der Waals surface area contributed by atoms with Crippen molar-refractivity contribution in [2.75, 3.05) is 9.80 Å². The van der Waals surface area contributed by atoms with Gasteiger partial charge in [0.2, 0.25) is 0 Å². The van der Waals surface area contributed by atoms with Crippen LogP contribution in [0.5, 0.6) is 0 Å². The fourth-order valence-electron chi connectivity index (χ4n) is 6.17. The van der Waals surface area contributed by atoms with E-state index in [-0.39, 0.29) is 0 Å². The van der Waals surface area contributed by atoms with Gasteiger partial charge in [-0.25, -0.2) is 4.98 Å². The van der Waals surface area contributed by atoms with Crippen LogP contribution in [0.15, 0.2) is 176 Å². The first-order chi connectivity index (χ1) is 22.4. The quantitative estimate of drug-likeness (QED) is 0.188. The topological polar surface area (TPSA) is 37.2 Å². The number of nitrogens with zero attached hydrogens (tertiary/aromatic N) is 5. The van der Waals surface area contributed by atoms with Gasteiger partial charge in [0.25, 0.3) is 0 Å². The molecule has 0 saturated heterocycles. The predicted molar refractivity (Wildman–Crippen MR) is 186 cm³/mol. The van der Waals surface area contributed by atoms with Crippen LogP contribution in [0.3, 0.4) is 0 Å². The molecule has 5 heteroatoms. The normalized spacial score (nSPS) is 11.1. The number of benzene rings is 5.